The molecule has 0 saturated carbocycles. The van der Waals surface area contributed by atoms with Gasteiger partial charge in [0.1, 0.15) is 18.9 Å². The van der Waals surface area contributed by atoms with E-state index in [1.54, 1.807) is 42.5 Å². The number of alkyl halides is 2. The van der Waals surface area contributed by atoms with Crippen molar-refractivity contribution in [1.82, 2.24) is 5.09 Å². The van der Waals surface area contributed by atoms with Crippen LogP contribution in [0.1, 0.15) is 40.2 Å². The number of benzene rings is 2. The number of hydrogen-bond acceptors (Lipinski definition) is 4. The number of ether oxygens (including phenoxy) is 1. The molecule has 0 aliphatic carbocycles. The number of halogens is 2. The average Bonchev–Trinajstić information content (AvgIpc) is 2.74. The van der Waals surface area contributed by atoms with Gasteiger partial charge in [-0.15, -0.1) is 0 Å². The summed E-state index contributed by atoms with van der Waals surface area (Å²) in [7, 11) is -4.66. The van der Waals surface area contributed by atoms with Crippen LogP contribution in [-0.4, -0.2) is 18.2 Å². The summed E-state index contributed by atoms with van der Waals surface area (Å²) in [6.07, 6.45) is 0. The van der Waals surface area contributed by atoms with Gasteiger partial charge in [0.15, 0.2) is 0 Å². The highest BCUT2D eigenvalue weighted by molar-refractivity contribution is 7.58. The molecule has 0 radical (unpaired) electrons. The number of rotatable bonds is 8. The summed E-state index contributed by atoms with van der Waals surface area (Å²) in [6, 6.07) is 16.4. The van der Waals surface area contributed by atoms with Gasteiger partial charge >= 0.3 is 19.2 Å². The summed E-state index contributed by atoms with van der Waals surface area (Å²) in [6.45, 7) is 7.80. The highest BCUT2D eigenvalue weighted by Crippen LogP contribution is 2.56. The first-order valence-corrected chi connectivity index (χ1v) is 11.1. The van der Waals surface area contributed by atoms with Crippen molar-refractivity contribution in [3.63, 3.8) is 0 Å². The molecular formula is C21H30F2NO4P. The molecule has 0 bridgehead atoms. The van der Waals surface area contributed by atoms with Crippen molar-refractivity contribution in [1.29, 1.82) is 0 Å². The number of esters is 1. The summed E-state index contributed by atoms with van der Waals surface area (Å²) in [4.78, 5) is 11.7. The Balaban J connectivity index is 0.00000184. The summed E-state index contributed by atoms with van der Waals surface area (Å²) in [5.41, 5.74) is -2.93. The second-order valence-electron chi connectivity index (χ2n) is 5.28. The Morgan fingerprint density at radius 1 is 0.966 bits per heavy atom. The lowest BCUT2D eigenvalue weighted by Crippen LogP contribution is -2.31. The molecule has 0 spiro atoms. The van der Waals surface area contributed by atoms with Gasteiger partial charge in [-0.1, -0.05) is 76.2 Å². The highest BCUT2D eigenvalue weighted by Gasteiger charge is 2.49. The molecule has 2 aromatic rings. The minimum Gasteiger partial charge on any atom is -0.460 e. The average molecular weight is 429 g/mol. The van der Waals surface area contributed by atoms with E-state index in [9.17, 15) is 18.1 Å². The Bertz CT molecular complexity index is 737. The van der Waals surface area contributed by atoms with Crippen LogP contribution in [0.4, 0.5) is 8.78 Å². The molecule has 162 valence electrons. The Labute approximate surface area is 171 Å². The molecule has 1 N–H and O–H groups in total. The SMILES string of the molecule is CC.CC.CC(F)(F)P(=O)(NCC(=O)OCc1ccccc1)Oc1ccccc1. The van der Waals surface area contributed by atoms with Gasteiger partial charge in [-0.25, -0.2) is 5.09 Å². The first-order valence-electron chi connectivity index (χ1n) is 9.47. The van der Waals surface area contributed by atoms with Crippen LogP contribution in [0.25, 0.3) is 0 Å². The van der Waals surface area contributed by atoms with Crippen molar-refractivity contribution in [2.75, 3.05) is 6.54 Å². The van der Waals surface area contributed by atoms with Crippen molar-refractivity contribution in [2.45, 2.75) is 46.9 Å². The van der Waals surface area contributed by atoms with E-state index in [0.717, 1.165) is 5.56 Å². The fourth-order valence-corrected chi connectivity index (χ4v) is 3.10. The van der Waals surface area contributed by atoms with Crippen LogP contribution in [0.15, 0.2) is 60.7 Å². The maximum absolute atomic E-state index is 13.8. The zero-order valence-corrected chi connectivity index (χ0v) is 18.4. The molecule has 8 heteroatoms. The minimum atomic E-state index is -4.66. The van der Waals surface area contributed by atoms with Gasteiger partial charge in [-0.05, 0) is 17.7 Å². The van der Waals surface area contributed by atoms with Crippen LogP contribution in [0.5, 0.6) is 5.75 Å². The van der Waals surface area contributed by atoms with Crippen molar-refractivity contribution in [2.24, 2.45) is 0 Å². The Kier molecular flexibility index (Phi) is 12.8. The van der Waals surface area contributed by atoms with Crippen molar-refractivity contribution < 1.29 is 27.4 Å². The molecule has 0 amide bonds. The van der Waals surface area contributed by atoms with Crippen LogP contribution in [0, 0.1) is 0 Å². The van der Waals surface area contributed by atoms with Gasteiger partial charge in [-0.2, -0.15) is 8.78 Å². The number of carbonyl (C=O) groups is 1. The number of para-hydroxylation sites is 1. The van der Waals surface area contributed by atoms with E-state index in [1.807, 2.05) is 38.8 Å². The first-order chi connectivity index (χ1) is 13.8. The topological polar surface area (TPSA) is 64.6 Å². The van der Waals surface area contributed by atoms with Gasteiger partial charge in [-0.3, -0.25) is 9.36 Å². The molecule has 2 aromatic carbocycles. The smallest absolute Gasteiger partial charge is 0.385 e. The van der Waals surface area contributed by atoms with Crippen LogP contribution >= 0.6 is 7.52 Å². The molecule has 1 atom stereocenters. The molecule has 0 aliphatic heterocycles. The van der Waals surface area contributed by atoms with E-state index in [4.69, 9.17) is 9.26 Å². The molecule has 0 heterocycles. The lowest BCUT2D eigenvalue weighted by atomic mass is 10.2. The van der Waals surface area contributed by atoms with Crippen LogP contribution < -0.4 is 9.61 Å². The second kappa shape index (κ2) is 13.9. The van der Waals surface area contributed by atoms with Crippen molar-refractivity contribution in [3.05, 3.63) is 66.2 Å². The molecule has 1 unspecified atom stereocenters. The van der Waals surface area contributed by atoms with E-state index < -0.39 is 25.7 Å². The first kappa shape index (κ1) is 26.8. The molecule has 5 nitrogen and oxygen atoms in total. The molecule has 29 heavy (non-hydrogen) atoms. The van der Waals surface area contributed by atoms with Crippen molar-refractivity contribution in [3.8, 4) is 5.75 Å². The monoisotopic (exact) mass is 429 g/mol. The second-order valence-corrected chi connectivity index (χ2v) is 7.67. The fraction of sp³-hybridized carbons (Fsp3) is 0.381. The van der Waals surface area contributed by atoms with Crippen molar-refractivity contribution >= 4 is 13.5 Å². The molecule has 0 aliphatic rings. The van der Waals surface area contributed by atoms with Gasteiger partial charge in [0.25, 0.3) is 0 Å². The lowest BCUT2D eigenvalue weighted by molar-refractivity contribution is -0.143. The quantitative estimate of drug-likeness (QED) is 0.397. The highest BCUT2D eigenvalue weighted by atomic mass is 31.2. The predicted molar refractivity (Wildman–Crippen MR) is 112 cm³/mol. The van der Waals surface area contributed by atoms with Crippen LogP contribution in [-0.2, 0) is 20.7 Å². The fourth-order valence-electron chi connectivity index (χ4n) is 1.84. The normalized spacial score (nSPS) is 12.2. The molecule has 2 rings (SSSR count). The maximum atomic E-state index is 13.8. The summed E-state index contributed by atoms with van der Waals surface area (Å²) in [5, 5.41) is 2.03. The third-order valence-corrected chi connectivity index (χ3v) is 5.24. The van der Waals surface area contributed by atoms with Gasteiger partial charge in [0.05, 0.1) is 0 Å². The minimum absolute atomic E-state index is 0.00623. The zero-order valence-electron chi connectivity index (χ0n) is 17.5. The Morgan fingerprint density at radius 2 is 1.45 bits per heavy atom. The van der Waals surface area contributed by atoms with E-state index in [1.165, 1.54) is 12.1 Å². The number of carbonyl (C=O) groups excluding carboxylic acids is 1. The van der Waals surface area contributed by atoms with E-state index in [0.29, 0.717) is 6.92 Å². The third kappa shape index (κ3) is 9.68. The predicted octanol–water partition coefficient (Wildman–Crippen LogP) is 6.26. The Hall–Kier alpha value is -2.24. The molecule has 0 aromatic heterocycles. The standard InChI is InChI=1S/C17H18F2NO4P.2C2H6/c1-17(18,19)25(22,24-15-10-6-3-7-11-15)20-12-16(21)23-13-14-8-4-2-5-9-14;2*1-2/h2-11H,12-13H2,1H3,(H,20,22);2*1-2H3. The van der Waals surface area contributed by atoms with Gasteiger partial charge < -0.3 is 9.26 Å². The van der Waals surface area contributed by atoms with Gasteiger partial charge in [0, 0.05) is 6.92 Å². The summed E-state index contributed by atoms with van der Waals surface area (Å²) < 4.78 is 49.9. The van der Waals surface area contributed by atoms with E-state index in [2.05, 4.69) is 0 Å². The van der Waals surface area contributed by atoms with Gasteiger partial charge in [0.2, 0.25) is 0 Å². The summed E-state index contributed by atoms with van der Waals surface area (Å²) >= 11 is 0. The molecular weight excluding hydrogens is 399 g/mol. The zero-order chi connectivity index (χ0) is 22.3. The number of hydrogen-bond donors (Lipinski definition) is 1. The molecule has 0 saturated heterocycles. The van der Waals surface area contributed by atoms with E-state index >= 15 is 0 Å². The van der Waals surface area contributed by atoms with E-state index in [-0.39, 0.29) is 12.4 Å². The number of nitrogens with one attached hydrogen (secondary N) is 1. The summed E-state index contributed by atoms with van der Waals surface area (Å²) in [5.74, 6) is -0.803. The lowest BCUT2D eigenvalue weighted by Gasteiger charge is -2.25. The Morgan fingerprint density at radius 3 is 1.93 bits per heavy atom. The maximum Gasteiger partial charge on any atom is 0.385 e. The van der Waals surface area contributed by atoms with Crippen LogP contribution in [0.2, 0.25) is 0 Å². The third-order valence-electron chi connectivity index (χ3n) is 3.17. The van der Waals surface area contributed by atoms with Crippen LogP contribution in [0.3, 0.4) is 0 Å². The largest absolute Gasteiger partial charge is 0.460 e. The molecule has 0 fully saturated rings.